The summed E-state index contributed by atoms with van der Waals surface area (Å²) in [6, 6.07) is 16.0. The van der Waals surface area contributed by atoms with Gasteiger partial charge in [0.15, 0.2) is 5.58 Å². The molecule has 0 bridgehead atoms. The van der Waals surface area contributed by atoms with Gasteiger partial charge in [-0.2, -0.15) is 0 Å². The molecule has 1 atom stereocenters. The van der Waals surface area contributed by atoms with Gasteiger partial charge in [0, 0.05) is 17.0 Å². The molecule has 112 valence electrons. The first-order chi connectivity index (χ1) is 10.7. The Morgan fingerprint density at radius 1 is 1.14 bits per heavy atom. The molecule has 3 rings (SSSR count). The third kappa shape index (κ3) is 2.81. The van der Waals surface area contributed by atoms with Gasteiger partial charge in [0.1, 0.15) is 5.69 Å². The van der Waals surface area contributed by atoms with Gasteiger partial charge in [-0.15, -0.1) is 0 Å². The minimum atomic E-state index is -0.0541. The molecule has 3 heteroatoms. The zero-order chi connectivity index (χ0) is 15.5. The lowest BCUT2D eigenvalue weighted by Gasteiger charge is -2.14. The number of benzene rings is 2. The van der Waals surface area contributed by atoms with Gasteiger partial charge in [-0.1, -0.05) is 53.2 Å². The molecule has 0 amide bonds. The standard InChI is InChI=1S/C19H20N2O/c1-13(2)11-12-17(20)14-7-3-4-8-15(14)19-16-9-5-6-10-18(16)22-21-19/h3-11,17H,12,20H2,1-2H3. The van der Waals surface area contributed by atoms with Gasteiger partial charge in [0.05, 0.1) is 0 Å². The summed E-state index contributed by atoms with van der Waals surface area (Å²) in [6.07, 6.45) is 2.98. The van der Waals surface area contributed by atoms with Crippen LogP contribution in [0.3, 0.4) is 0 Å². The van der Waals surface area contributed by atoms with Crippen LogP contribution in [0.5, 0.6) is 0 Å². The van der Waals surface area contributed by atoms with Gasteiger partial charge in [0.25, 0.3) is 0 Å². The molecule has 0 radical (unpaired) electrons. The fraction of sp³-hybridized carbons (Fsp3) is 0.211. The van der Waals surface area contributed by atoms with Crippen molar-refractivity contribution in [3.05, 3.63) is 65.7 Å². The minimum absolute atomic E-state index is 0.0541. The summed E-state index contributed by atoms with van der Waals surface area (Å²) in [4.78, 5) is 0. The first-order valence-corrected chi connectivity index (χ1v) is 7.49. The highest BCUT2D eigenvalue weighted by molar-refractivity contribution is 5.92. The van der Waals surface area contributed by atoms with E-state index in [9.17, 15) is 0 Å². The fourth-order valence-electron chi connectivity index (χ4n) is 2.61. The molecule has 0 spiro atoms. The number of nitrogens with two attached hydrogens (primary N) is 1. The SMILES string of the molecule is CC(C)=CCC(N)c1ccccc1-c1noc2ccccc12. The molecular weight excluding hydrogens is 272 g/mol. The van der Waals surface area contributed by atoms with E-state index in [0.29, 0.717) is 0 Å². The van der Waals surface area contributed by atoms with Crippen molar-refractivity contribution in [3.63, 3.8) is 0 Å². The smallest absolute Gasteiger partial charge is 0.167 e. The summed E-state index contributed by atoms with van der Waals surface area (Å²) in [5, 5.41) is 5.28. The van der Waals surface area contributed by atoms with Crippen molar-refractivity contribution in [2.75, 3.05) is 0 Å². The van der Waals surface area contributed by atoms with Crippen LogP contribution in [0.4, 0.5) is 0 Å². The molecule has 3 nitrogen and oxygen atoms in total. The Hall–Kier alpha value is -2.39. The van der Waals surface area contributed by atoms with Crippen molar-refractivity contribution < 1.29 is 4.52 Å². The minimum Gasteiger partial charge on any atom is -0.356 e. The number of hydrogen-bond acceptors (Lipinski definition) is 3. The average molecular weight is 292 g/mol. The Morgan fingerprint density at radius 2 is 1.86 bits per heavy atom. The molecule has 0 fully saturated rings. The van der Waals surface area contributed by atoms with Crippen molar-refractivity contribution in [2.24, 2.45) is 5.73 Å². The first-order valence-electron chi connectivity index (χ1n) is 7.49. The predicted octanol–water partition coefficient (Wildman–Crippen LogP) is 4.85. The van der Waals surface area contributed by atoms with Crippen LogP contribution < -0.4 is 5.73 Å². The maximum absolute atomic E-state index is 6.39. The van der Waals surface area contributed by atoms with Gasteiger partial charge in [-0.05, 0) is 38.0 Å². The summed E-state index contributed by atoms with van der Waals surface area (Å²) in [5.74, 6) is 0. The van der Waals surface area contributed by atoms with E-state index >= 15 is 0 Å². The van der Waals surface area contributed by atoms with Crippen LogP contribution >= 0.6 is 0 Å². The topological polar surface area (TPSA) is 52.0 Å². The van der Waals surface area contributed by atoms with Crippen LogP contribution in [0.15, 0.2) is 64.7 Å². The average Bonchev–Trinajstić information content (AvgIpc) is 2.96. The lowest BCUT2D eigenvalue weighted by Crippen LogP contribution is -2.10. The summed E-state index contributed by atoms with van der Waals surface area (Å²) in [5.41, 5.74) is 11.5. The zero-order valence-electron chi connectivity index (χ0n) is 12.9. The van der Waals surface area contributed by atoms with E-state index in [1.807, 2.05) is 36.4 Å². The molecule has 0 saturated carbocycles. The molecule has 0 saturated heterocycles. The van der Waals surface area contributed by atoms with Crippen LogP contribution in [-0.2, 0) is 0 Å². The van der Waals surface area contributed by atoms with E-state index in [-0.39, 0.29) is 6.04 Å². The van der Waals surface area contributed by atoms with Crippen molar-refractivity contribution >= 4 is 11.0 Å². The molecule has 2 N–H and O–H groups in total. The van der Waals surface area contributed by atoms with Crippen LogP contribution in [0.25, 0.3) is 22.2 Å². The Bertz CT molecular complexity index is 813. The molecule has 22 heavy (non-hydrogen) atoms. The molecule has 1 unspecified atom stereocenters. The van der Waals surface area contributed by atoms with Crippen molar-refractivity contribution in [2.45, 2.75) is 26.3 Å². The van der Waals surface area contributed by atoms with Crippen molar-refractivity contribution in [1.29, 1.82) is 0 Å². The van der Waals surface area contributed by atoms with E-state index < -0.39 is 0 Å². The normalized spacial score (nSPS) is 12.3. The molecule has 3 aromatic rings. The number of aromatic nitrogens is 1. The first kappa shape index (κ1) is 14.5. The van der Waals surface area contributed by atoms with E-state index in [2.05, 4.69) is 37.2 Å². The van der Waals surface area contributed by atoms with E-state index in [1.165, 1.54) is 5.57 Å². The van der Waals surface area contributed by atoms with Gasteiger partial charge in [0.2, 0.25) is 0 Å². The molecule has 1 heterocycles. The summed E-state index contributed by atoms with van der Waals surface area (Å²) < 4.78 is 5.43. The fourth-order valence-corrected chi connectivity index (χ4v) is 2.61. The third-order valence-corrected chi connectivity index (χ3v) is 3.77. The molecule has 0 aliphatic carbocycles. The van der Waals surface area contributed by atoms with Crippen LogP contribution in [0, 0.1) is 0 Å². The zero-order valence-corrected chi connectivity index (χ0v) is 12.9. The van der Waals surface area contributed by atoms with Crippen molar-refractivity contribution in [1.82, 2.24) is 5.16 Å². The highest BCUT2D eigenvalue weighted by Gasteiger charge is 2.16. The number of fused-ring (bicyclic) bond motifs is 1. The monoisotopic (exact) mass is 292 g/mol. The van der Waals surface area contributed by atoms with Gasteiger partial charge < -0.3 is 10.3 Å². The van der Waals surface area contributed by atoms with Gasteiger partial charge >= 0.3 is 0 Å². The van der Waals surface area contributed by atoms with E-state index in [4.69, 9.17) is 10.3 Å². The molecule has 2 aromatic carbocycles. The Morgan fingerprint density at radius 3 is 2.68 bits per heavy atom. The summed E-state index contributed by atoms with van der Waals surface area (Å²) in [7, 11) is 0. The number of allylic oxidation sites excluding steroid dienone is 1. The lowest BCUT2D eigenvalue weighted by atomic mass is 9.95. The van der Waals surface area contributed by atoms with Crippen molar-refractivity contribution in [3.8, 4) is 11.3 Å². The highest BCUT2D eigenvalue weighted by atomic mass is 16.5. The molecule has 0 aliphatic rings. The number of rotatable bonds is 4. The Balaban J connectivity index is 2.06. The lowest BCUT2D eigenvalue weighted by molar-refractivity contribution is 0.459. The molecule has 1 aromatic heterocycles. The summed E-state index contributed by atoms with van der Waals surface area (Å²) >= 11 is 0. The molecular formula is C19H20N2O. The third-order valence-electron chi connectivity index (χ3n) is 3.77. The van der Waals surface area contributed by atoms with Crippen LogP contribution in [-0.4, -0.2) is 5.16 Å². The second-order valence-corrected chi connectivity index (χ2v) is 5.74. The van der Waals surface area contributed by atoms with Gasteiger partial charge in [-0.3, -0.25) is 0 Å². The predicted molar refractivity (Wildman–Crippen MR) is 90.4 cm³/mol. The van der Waals surface area contributed by atoms with E-state index in [1.54, 1.807) is 0 Å². The second-order valence-electron chi connectivity index (χ2n) is 5.74. The maximum Gasteiger partial charge on any atom is 0.167 e. The Labute approximate surface area is 130 Å². The molecule has 0 aliphatic heterocycles. The maximum atomic E-state index is 6.39. The highest BCUT2D eigenvalue weighted by Crippen LogP contribution is 2.33. The van der Waals surface area contributed by atoms with Crippen LogP contribution in [0.1, 0.15) is 31.9 Å². The largest absolute Gasteiger partial charge is 0.356 e. The number of para-hydroxylation sites is 1. The summed E-state index contributed by atoms with van der Waals surface area (Å²) in [6.45, 7) is 4.17. The number of hydrogen-bond donors (Lipinski definition) is 1. The van der Waals surface area contributed by atoms with E-state index in [0.717, 1.165) is 34.2 Å². The van der Waals surface area contributed by atoms with Crippen LogP contribution in [0.2, 0.25) is 0 Å². The number of nitrogens with zero attached hydrogens (tertiary/aromatic N) is 1. The quantitative estimate of drug-likeness (QED) is 0.699. The van der Waals surface area contributed by atoms with Gasteiger partial charge in [-0.25, -0.2) is 0 Å². The second kappa shape index (κ2) is 6.16. The Kier molecular flexibility index (Phi) is 4.07.